The highest BCUT2D eigenvalue weighted by Gasteiger charge is 2.43. The molecule has 1 aromatic carbocycles. The Morgan fingerprint density at radius 2 is 2.04 bits per heavy atom. The van der Waals surface area contributed by atoms with Gasteiger partial charge in [-0.3, -0.25) is 4.79 Å². The van der Waals surface area contributed by atoms with Gasteiger partial charge in [0.25, 0.3) is 0 Å². The minimum atomic E-state index is -0.899. The summed E-state index contributed by atoms with van der Waals surface area (Å²) in [5, 5.41) is 13.4. The summed E-state index contributed by atoms with van der Waals surface area (Å²) in [5.41, 5.74) is -0.387. The van der Waals surface area contributed by atoms with Gasteiger partial charge in [0, 0.05) is 6.54 Å². The maximum Gasteiger partial charge on any atom is 0.230 e. The Labute approximate surface area is 139 Å². The van der Waals surface area contributed by atoms with Crippen LogP contribution in [0.4, 0.5) is 0 Å². The lowest BCUT2D eigenvalue weighted by Crippen LogP contribution is -2.50. The standard InChI is InChI=1S/C19H29NO3/c1-14(2)18(3,22)13-20-17(21)19(10-5-6-11-19)15-8-7-9-16(12-15)23-4/h7-9,12,14,22H,5-6,10-11,13H2,1-4H3,(H,20,21). The highest BCUT2D eigenvalue weighted by molar-refractivity contribution is 5.88. The maximum absolute atomic E-state index is 13.0. The molecule has 0 aromatic heterocycles. The molecule has 1 aliphatic rings. The van der Waals surface area contributed by atoms with E-state index in [2.05, 4.69) is 5.32 Å². The van der Waals surface area contributed by atoms with Crippen molar-refractivity contribution in [3.05, 3.63) is 29.8 Å². The maximum atomic E-state index is 13.0. The smallest absolute Gasteiger partial charge is 0.230 e. The Balaban J connectivity index is 2.21. The molecule has 0 saturated heterocycles. The lowest BCUT2D eigenvalue weighted by atomic mass is 9.77. The molecule has 2 rings (SSSR count). The molecule has 0 heterocycles. The molecular weight excluding hydrogens is 290 g/mol. The average molecular weight is 319 g/mol. The van der Waals surface area contributed by atoms with Crippen LogP contribution in [0.25, 0.3) is 0 Å². The van der Waals surface area contributed by atoms with Gasteiger partial charge in [0.1, 0.15) is 5.75 Å². The Bertz CT molecular complexity index is 545. The van der Waals surface area contributed by atoms with Gasteiger partial charge in [0.15, 0.2) is 0 Å². The predicted octanol–water partition coefficient (Wildman–Crippen LogP) is 3.03. The second-order valence-electron chi connectivity index (χ2n) is 7.22. The molecular formula is C19H29NO3. The van der Waals surface area contributed by atoms with Gasteiger partial charge in [0.2, 0.25) is 5.91 Å². The van der Waals surface area contributed by atoms with Crippen molar-refractivity contribution in [2.24, 2.45) is 5.92 Å². The zero-order chi connectivity index (χ0) is 17.1. The Morgan fingerprint density at radius 1 is 1.39 bits per heavy atom. The van der Waals surface area contributed by atoms with E-state index in [1.807, 2.05) is 38.1 Å². The van der Waals surface area contributed by atoms with Crippen LogP contribution >= 0.6 is 0 Å². The molecule has 4 nitrogen and oxygen atoms in total. The van der Waals surface area contributed by atoms with Gasteiger partial charge in [-0.05, 0) is 43.4 Å². The van der Waals surface area contributed by atoms with Crippen molar-refractivity contribution >= 4 is 5.91 Å². The summed E-state index contributed by atoms with van der Waals surface area (Å²) in [4.78, 5) is 13.0. The molecule has 1 saturated carbocycles. The minimum absolute atomic E-state index is 0.0178. The van der Waals surface area contributed by atoms with Crippen molar-refractivity contribution in [2.45, 2.75) is 57.5 Å². The zero-order valence-electron chi connectivity index (χ0n) is 14.7. The fourth-order valence-electron chi connectivity index (χ4n) is 3.18. The quantitative estimate of drug-likeness (QED) is 0.847. The van der Waals surface area contributed by atoms with Gasteiger partial charge in [-0.25, -0.2) is 0 Å². The Kier molecular flexibility index (Phi) is 5.35. The van der Waals surface area contributed by atoms with Gasteiger partial charge in [-0.2, -0.15) is 0 Å². The fourth-order valence-corrected chi connectivity index (χ4v) is 3.18. The van der Waals surface area contributed by atoms with E-state index in [4.69, 9.17) is 4.74 Å². The molecule has 1 atom stereocenters. The van der Waals surface area contributed by atoms with E-state index in [1.54, 1.807) is 14.0 Å². The first kappa shape index (κ1) is 17.8. The summed E-state index contributed by atoms with van der Waals surface area (Å²) in [7, 11) is 1.64. The number of benzene rings is 1. The highest BCUT2D eigenvalue weighted by atomic mass is 16.5. The largest absolute Gasteiger partial charge is 0.497 e. The van der Waals surface area contributed by atoms with Gasteiger partial charge in [-0.1, -0.05) is 38.8 Å². The van der Waals surface area contributed by atoms with Gasteiger partial charge in [0.05, 0.1) is 18.1 Å². The molecule has 0 bridgehead atoms. The topological polar surface area (TPSA) is 58.6 Å². The van der Waals surface area contributed by atoms with E-state index in [-0.39, 0.29) is 18.4 Å². The SMILES string of the molecule is COc1cccc(C2(C(=O)NCC(C)(O)C(C)C)CCCC2)c1. The summed E-state index contributed by atoms with van der Waals surface area (Å²) < 4.78 is 5.31. The molecule has 1 unspecified atom stereocenters. The summed E-state index contributed by atoms with van der Waals surface area (Å²) in [5.74, 6) is 0.874. The van der Waals surface area contributed by atoms with E-state index in [0.29, 0.717) is 0 Å². The second-order valence-corrected chi connectivity index (χ2v) is 7.22. The Hall–Kier alpha value is -1.55. The van der Waals surface area contributed by atoms with Crippen molar-refractivity contribution in [3.8, 4) is 5.75 Å². The molecule has 1 amide bonds. The first-order valence-electron chi connectivity index (χ1n) is 8.47. The lowest BCUT2D eigenvalue weighted by Gasteiger charge is -2.32. The molecule has 1 fully saturated rings. The third kappa shape index (κ3) is 3.69. The number of carbonyl (C=O) groups excluding carboxylic acids is 1. The predicted molar refractivity (Wildman–Crippen MR) is 91.6 cm³/mol. The molecule has 128 valence electrons. The van der Waals surface area contributed by atoms with Crippen LogP contribution < -0.4 is 10.1 Å². The summed E-state index contributed by atoms with van der Waals surface area (Å²) in [6.45, 7) is 5.96. The third-order valence-corrected chi connectivity index (χ3v) is 5.36. The summed E-state index contributed by atoms with van der Waals surface area (Å²) in [6.07, 6.45) is 3.78. The average Bonchev–Trinajstić information content (AvgIpc) is 3.03. The van der Waals surface area contributed by atoms with Gasteiger partial charge < -0.3 is 15.2 Å². The van der Waals surface area contributed by atoms with Crippen LogP contribution in [-0.4, -0.2) is 30.3 Å². The van der Waals surface area contributed by atoms with Crippen molar-refractivity contribution in [2.75, 3.05) is 13.7 Å². The summed E-state index contributed by atoms with van der Waals surface area (Å²) >= 11 is 0. The molecule has 23 heavy (non-hydrogen) atoms. The monoisotopic (exact) mass is 319 g/mol. The number of amides is 1. The van der Waals surface area contributed by atoms with Crippen molar-refractivity contribution in [1.29, 1.82) is 0 Å². The van der Waals surface area contributed by atoms with Crippen LogP contribution in [0.2, 0.25) is 0 Å². The number of rotatable bonds is 6. The van der Waals surface area contributed by atoms with Crippen molar-refractivity contribution < 1.29 is 14.6 Å². The number of ether oxygens (including phenoxy) is 1. The molecule has 1 aromatic rings. The van der Waals surface area contributed by atoms with Crippen LogP contribution in [0.15, 0.2) is 24.3 Å². The van der Waals surface area contributed by atoms with Crippen LogP contribution in [0.3, 0.4) is 0 Å². The molecule has 2 N–H and O–H groups in total. The number of hydrogen-bond acceptors (Lipinski definition) is 3. The van der Waals surface area contributed by atoms with Crippen molar-refractivity contribution in [1.82, 2.24) is 5.32 Å². The number of hydrogen-bond donors (Lipinski definition) is 2. The van der Waals surface area contributed by atoms with Gasteiger partial charge >= 0.3 is 0 Å². The first-order valence-corrected chi connectivity index (χ1v) is 8.47. The van der Waals surface area contributed by atoms with Crippen molar-refractivity contribution in [3.63, 3.8) is 0 Å². The number of methoxy groups -OCH3 is 1. The normalized spacial score (nSPS) is 19.4. The summed E-state index contributed by atoms with van der Waals surface area (Å²) in [6, 6.07) is 7.80. The molecule has 0 aliphatic heterocycles. The molecule has 0 spiro atoms. The molecule has 0 radical (unpaired) electrons. The number of aliphatic hydroxyl groups is 1. The van der Waals surface area contributed by atoms with Crippen LogP contribution in [0.5, 0.6) is 5.75 Å². The van der Waals surface area contributed by atoms with E-state index in [1.165, 1.54) is 0 Å². The van der Waals surface area contributed by atoms with Crippen LogP contribution in [0.1, 0.15) is 52.0 Å². The van der Waals surface area contributed by atoms with E-state index >= 15 is 0 Å². The van der Waals surface area contributed by atoms with Gasteiger partial charge in [-0.15, -0.1) is 0 Å². The second kappa shape index (κ2) is 6.91. The first-order chi connectivity index (χ1) is 10.8. The Morgan fingerprint density at radius 3 is 2.61 bits per heavy atom. The highest BCUT2D eigenvalue weighted by Crippen LogP contribution is 2.42. The van der Waals surface area contributed by atoms with Crippen LogP contribution in [0, 0.1) is 5.92 Å². The number of carbonyl (C=O) groups is 1. The third-order valence-electron chi connectivity index (χ3n) is 5.36. The lowest BCUT2D eigenvalue weighted by molar-refractivity contribution is -0.128. The van der Waals surface area contributed by atoms with Crippen LogP contribution in [-0.2, 0) is 10.2 Å². The van der Waals surface area contributed by atoms with E-state index in [0.717, 1.165) is 37.0 Å². The van der Waals surface area contributed by atoms with E-state index in [9.17, 15) is 9.90 Å². The zero-order valence-corrected chi connectivity index (χ0v) is 14.7. The van der Waals surface area contributed by atoms with E-state index < -0.39 is 11.0 Å². The fraction of sp³-hybridized carbons (Fsp3) is 0.632. The molecule has 4 heteroatoms. The molecule has 1 aliphatic carbocycles. The number of nitrogens with one attached hydrogen (secondary N) is 1. The minimum Gasteiger partial charge on any atom is -0.497 e.